The van der Waals surface area contributed by atoms with E-state index in [1.807, 2.05) is 66.7 Å². The lowest BCUT2D eigenvalue weighted by atomic mass is 9.96. The maximum atomic E-state index is 12.6. The van der Waals surface area contributed by atoms with Crippen LogP contribution in [0.2, 0.25) is 0 Å². The van der Waals surface area contributed by atoms with Crippen LogP contribution in [0.15, 0.2) is 104 Å². The molecule has 38 heavy (non-hydrogen) atoms. The highest BCUT2D eigenvalue weighted by Crippen LogP contribution is 2.32. The lowest BCUT2D eigenvalue weighted by Gasteiger charge is -2.11. The lowest BCUT2D eigenvalue weighted by Crippen LogP contribution is -2.28. The van der Waals surface area contributed by atoms with Crippen molar-refractivity contribution >= 4 is 49.9 Å². The quantitative estimate of drug-likeness (QED) is 0.186. The molecule has 190 valence electrons. The Labute approximate surface area is 217 Å². The summed E-state index contributed by atoms with van der Waals surface area (Å²) < 4.78 is 64.7. The molecular formula is C31H21F3O3S. The third-order valence-corrected chi connectivity index (χ3v) is 7.21. The summed E-state index contributed by atoms with van der Waals surface area (Å²) in [7, 11) is -5.73. The van der Waals surface area contributed by atoms with Crippen LogP contribution < -0.4 is 14.6 Å². The highest BCUT2D eigenvalue weighted by molar-refractivity contribution is 7.88. The van der Waals surface area contributed by atoms with E-state index >= 15 is 0 Å². The summed E-state index contributed by atoms with van der Waals surface area (Å²) in [5, 5.41) is 5.32. The predicted octanol–water partition coefficient (Wildman–Crippen LogP) is 6.79. The van der Waals surface area contributed by atoms with E-state index in [0.29, 0.717) is 5.39 Å². The van der Waals surface area contributed by atoms with E-state index < -0.39 is 21.4 Å². The number of fused-ring (bicyclic) bond motifs is 2. The zero-order valence-electron chi connectivity index (χ0n) is 20.0. The molecule has 0 aliphatic carbocycles. The van der Waals surface area contributed by atoms with Crippen molar-refractivity contribution in [2.45, 2.75) is 5.51 Å². The molecule has 0 radical (unpaired) electrons. The molecule has 0 saturated carbocycles. The van der Waals surface area contributed by atoms with Crippen LogP contribution >= 0.6 is 0 Å². The molecule has 0 bridgehead atoms. The standard InChI is InChI=1S/C31H21F3O3S/c1-20-5-3-4-6-22(20)15-21(2)23-7-8-25-17-26(10-9-24(25)16-23)27-11-12-29-19-30(14-13-28(29)18-27)37-38(35,36)31(32,33)34/h3-19H,1-2H2/b22-15-. The third-order valence-electron chi connectivity index (χ3n) is 6.23. The molecule has 3 nitrogen and oxygen atoms in total. The van der Waals surface area contributed by atoms with E-state index in [-0.39, 0.29) is 0 Å². The van der Waals surface area contributed by atoms with E-state index in [1.165, 1.54) is 18.2 Å². The van der Waals surface area contributed by atoms with Gasteiger partial charge in [0, 0.05) is 0 Å². The predicted molar refractivity (Wildman–Crippen MR) is 147 cm³/mol. The molecule has 0 saturated heterocycles. The Balaban J connectivity index is 1.43. The maximum absolute atomic E-state index is 12.6. The van der Waals surface area contributed by atoms with Gasteiger partial charge in [-0.3, -0.25) is 0 Å². The lowest BCUT2D eigenvalue weighted by molar-refractivity contribution is -0.0500. The summed E-state index contributed by atoms with van der Waals surface area (Å²) in [6, 6.07) is 29.5. The van der Waals surface area contributed by atoms with Gasteiger partial charge in [-0.1, -0.05) is 79.9 Å². The molecule has 5 aromatic carbocycles. The average Bonchev–Trinajstić information content (AvgIpc) is 2.88. The largest absolute Gasteiger partial charge is 0.534 e. The highest BCUT2D eigenvalue weighted by atomic mass is 32.2. The topological polar surface area (TPSA) is 43.4 Å². The average molecular weight is 531 g/mol. The van der Waals surface area contributed by atoms with Crippen LogP contribution in [0.5, 0.6) is 5.75 Å². The van der Waals surface area contributed by atoms with Crippen molar-refractivity contribution in [2.24, 2.45) is 0 Å². The molecule has 7 heteroatoms. The van der Waals surface area contributed by atoms with E-state index in [4.69, 9.17) is 0 Å². The van der Waals surface area contributed by atoms with Crippen LogP contribution in [0, 0.1) is 0 Å². The first-order valence-electron chi connectivity index (χ1n) is 11.5. The van der Waals surface area contributed by atoms with E-state index in [2.05, 4.69) is 29.5 Å². The number of allylic oxidation sites excluding steroid dienone is 1. The second kappa shape index (κ2) is 9.50. The van der Waals surface area contributed by atoms with Crippen LogP contribution in [-0.4, -0.2) is 13.9 Å². The molecule has 0 aliphatic rings. The fourth-order valence-corrected chi connectivity index (χ4v) is 4.65. The van der Waals surface area contributed by atoms with Crippen LogP contribution in [-0.2, 0) is 10.1 Å². The number of halogens is 3. The summed E-state index contributed by atoms with van der Waals surface area (Å²) in [5.74, 6) is -0.401. The molecule has 0 spiro atoms. The van der Waals surface area contributed by atoms with Gasteiger partial charge in [-0.05, 0) is 90.7 Å². The molecule has 0 heterocycles. The minimum absolute atomic E-state index is 0.401. The van der Waals surface area contributed by atoms with Gasteiger partial charge in [0.1, 0.15) is 5.75 Å². The van der Waals surface area contributed by atoms with Gasteiger partial charge in [-0.2, -0.15) is 21.6 Å². The molecule has 0 amide bonds. The normalized spacial score (nSPS) is 12.7. The van der Waals surface area contributed by atoms with Crippen molar-refractivity contribution < 1.29 is 25.8 Å². The van der Waals surface area contributed by atoms with Gasteiger partial charge < -0.3 is 4.18 Å². The van der Waals surface area contributed by atoms with Crippen molar-refractivity contribution in [1.29, 1.82) is 0 Å². The molecule has 5 aromatic rings. The summed E-state index contributed by atoms with van der Waals surface area (Å²) in [5.41, 5.74) is -1.74. The minimum atomic E-state index is -5.73. The number of hydrogen-bond donors (Lipinski definition) is 0. The SMILES string of the molecule is C=C(/C=c1/ccccc1=C)c1ccc2cc(-c3ccc4cc(OS(=O)(=O)C(F)(F)F)ccc4c3)ccc2c1. The molecule has 0 N–H and O–H groups in total. The smallest absolute Gasteiger partial charge is 0.376 e. The zero-order valence-corrected chi connectivity index (χ0v) is 20.8. The monoisotopic (exact) mass is 530 g/mol. The van der Waals surface area contributed by atoms with Gasteiger partial charge in [0.2, 0.25) is 0 Å². The Morgan fingerprint density at radius 1 is 0.737 bits per heavy atom. The van der Waals surface area contributed by atoms with Crippen LogP contribution in [0.25, 0.3) is 50.9 Å². The second-order valence-corrected chi connectivity index (χ2v) is 10.4. The zero-order chi connectivity index (χ0) is 27.1. The van der Waals surface area contributed by atoms with Crippen molar-refractivity contribution in [1.82, 2.24) is 0 Å². The van der Waals surface area contributed by atoms with Gasteiger partial charge in [0.05, 0.1) is 0 Å². The van der Waals surface area contributed by atoms with Crippen molar-refractivity contribution in [2.75, 3.05) is 0 Å². The number of alkyl halides is 3. The first-order valence-corrected chi connectivity index (χ1v) is 12.9. The molecule has 5 rings (SSSR count). The van der Waals surface area contributed by atoms with Gasteiger partial charge in [-0.15, -0.1) is 0 Å². The first-order chi connectivity index (χ1) is 18.0. The fourth-order valence-electron chi connectivity index (χ4n) is 4.20. The van der Waals surface area contributed by atoms with E-state index in [0.717, 1.165) is 48.9 Å². The minimum Gasteiger partial charge on any atom is -0.376 e. The Morgan fingerprint density at radius 3 is 1.92 bits per heavy atom. The number of rotatable bonds is 5. The maximum Gasteiger partial charge on any atom is 0.534 e. The van der Waals surface area contributed by atoms with Crippen LogP contribution in [0.1, 0.15) is 5.56 Å². The molecular weight excluding hydrogens is 509 g/mol. The summed E-state index contributed by atoms with van der Waals surface area (Å²) in [4.78, 5) is 0. The van der Waals surface area contributed by atoms with Crippen molar-refractivity contribution in [3.8, 4) is 16.9 Å². The van der Waals surface area contributed by atoms with E-state index in [1.54, 1.807) is 6.07 Å². The summed E-state index contributed by atoms with van der Waals surface area (Å²) in [6.07, 6.45) is 2.02. The fraction of sp³-hybridized carbons (Fsp3) is 0.0323. The Kier molecular flexibility index (Phi) is 6.33. The Bertz CT molecular complexity index is 1940. The molecule has 0 aromatic heterocycles. The van der Waals surface area contributed by atoms with Crippen molar-refractivity contribution in [3.05, 3.63) is 120 Å². The number of hydrogen-bond acceptors (Lipinski definition) is 3. The molecule has 0 unspecified atom stereocenters. The first kappa shape index (κ1) is 25.3. The number of benzene rings is 5. The van der Waals surface area contributed by atoms with Gasteiger partial charge in [0.15, 0.2) is 0 Å². The van der Waals surface area contributed by atoms with Crippen LogP contribution in [0.4, 0.5) is 13.2 Å². The van der Waals surface area contributed by atoms with E-state index in [9.17, 15) is 21.6 Å². The van der Waals surface area contributed by atoms with Gasteiger partial charge >= 0.3 is 15.6 Å². The van der Waals surface area contributed by atoms with Crippen molar-refractivity contribution in [3.63, 3.8) is 0 Å². The Hall–Kier alpha value is -4.36. The molecule has 0 fully saturated rings. The van der Waals surface area contributed by atoms with Crippen LogP contribution in [0.3, 0.4) is 0 Å². The molecule has 0 aliphatic heterocycles. The summed E-state index contributed by atoms with van der Waals surface area (Å²) >= 11 is 0. The van der Waals surface area contributed by atoms with Gasteiger partial charge in [-0.25, -0.2) is 0 Å². The third kappa shape index (κ3) is 5.06. The second-order valence-electron chi connectivity index (χ2n) is 8.85. The summed E-state index contributed by atoms with van der Waals surface area (Å²) in [6.45, 7) is 8.28. The Morgan fingerprint density at radius 2 is 1.29 bits per heavy atom. The van der Waals surface area contributed by atoms with Gasteiger partial charge in [0.25, 0.3) is 0 Å². The highest BCUT2D eigenvalue weighted by Gasteiger charge is 2.48. The molecule has 0 atom stereocenters.